The largest absolute Gasteiger partial charge is 0.394 e. The molecule has 1 aromatic carbocycles. The lowest BCUT2D eigenvalue weighted by molar-refractivity contribution is 0.167. The van der Waals surface area contributed by atoms with Crippen LogP contribution in [0.4, 0.5) is 5.69 Å². The number of aliphatic hydroxyl groups is 1. The first kappa shape index (κ1) is 28.6. The highest BCUT2D eigenvalue weighted by atomic mass is 16.3. The Morgan fingerprint density at radius 2 is 2.05 bits per heavy atom. The first-order valence-electron chi connectivity index (χ1n) is 14.3. The monoisotopic (exact) mass is 524 g/mol. The molecule has 2 heterocycles. The molecule has 1 unspecified atom stereocenters. The van der Waals surface area contributed by atoms with Crippen molar-refractivity contribution in [3.05, 3.63) is 34.9 Å². The Morgan fingerprint density at radius 3 is 2.71 bits per heavy atom. The lowest BCUT2D eigenvalue weighted by Gasteiger charge is -2.42. The molecular weight excluding hydrogens is 476 g/mol. The lowest BCUT2D eigenvalue weighted by Crippen LogP contribution is -2.59. The zero-order chi connectivity index (χ0) is 27.7. The molecule has 1 aromatic heterocycles. The average molecular weight is 525 g/mol. The second kappa shape index (κ2) is 11.3. The van der Waals surface area contributed by atoms with Crippen molar-refractivity contribution >= 4 is 22.5 Å². The van der Waals surface area contributed by atoms with Crippen molar-refractivity contribution < 1.29 is 5.11 Å². The van der Waals surface area contributed by atoms with Gasteiger partial charge in [0.25, 0.3) is 5.56 Å². The summed E-state index contributed by atoms with van der Waals surface area (Å²) in [5.41, 5.74) is 1.78. The van der Waals surface area contributed by atoms with E-state index in [1.165, 1.54) is 12.8 Å². The van der Waals surface area contributed by atoms with Crippen LogP contribution in [0.5, 0.6) is 0 Å². The molecule has 0 bridgehead atoms. The van der Waals surface area contributed by atoms with Gasteiger partial charge in [0.15, 0.2) is 5.96 Å². The van der Waals surface area contributed by atoms with E-state index < -0.39 is 0 Å². The Morgan fingerprint density at radius 1 is 1.29 bits per heavy atom. The number of hydrogen-bond acceptors (Lipinski definition) is 5. The van der Waals surface area contributed by atoms with Gasteiger partial charge in [-0.3, -0.25) is 9.36 Å². The van der Waals surface area contributed by atoms with E-state index in [0.29, 0.717) is 28.2 Å². The first-order valence-corrected chi connectivity index (χ1v) is 14.3. The minimum Gasteiger partial charge on any atom is -0.394 e. The van der Waals surface area contributed by atoms with E-state index in [9.17, 15) is 9.90 Å². The number of piperazine rings is 1. The van der Waals surface area contributed by atoms with Gasteiger partial charge in [0.05, 0.1) is 35.9 Å². The van der Waals surface area contributed by atoms with E-state index in [2.05, 4.69) is 69.0 Å². The van der Waals surface area contributed by atoms with E-state index >= 15 is 0 Å². The predicted octanol–water partition coefficient (Wildman–Crippen LogP) is 4.64. The van der Waals surface area contributed by atoms with Crippen molar-refractivity contribution in [2.45, 2.75) is 91.8 Å². The minimum absolute atomic E-state index is 0.00384. The molecule has 0 spiro atoms. The molecule has 2 fully saturated rings. The smallest absolute Gasteiger partial charge is 0.261 e. The molecule has 1 saturated heterocycles. The SMILES string of the molecule is CC(C)C[C@@H](CO)n1cnc2cc(N/C(=N/C3CCC(C)(C)C[C@@H]3C)N3CCNC(C)(C)C3)ccc2c1=O. The second-order valence-corrected chi connectivity index (χ2v) is 13.4. The fraction of sp³-hybridized carbons (Fsp3) is 0.700. The van der Waals surface area contributed by atoms with Gasteiger partial charge in [-0.1, -0.05) is 34.6 Å². The van der Waals surface area contributed by atoms with Gasteiger partial charge < -0.3 is 20.6 Å². The fourth-order valence-corrected chi connectivity index (χ4v) is 6.22. The Labute approximate surface area is 227 Å². The van der Waals surface area contributed by atoms with Crippen molar-refractivity contribution in [3.8, 4) is 0 Å². The molecule has 1 saturated carbocycles. The van der Waals surface area contributed by atoms with E-state index in [4.69, 9.17) is 4.99 Å². The van der Waals surface area contributed by atoms with Gasteiger partial charge in [-0.05, 0) is 75.0 Å². The summed E-state index contributed by atoms with van der Waals surface area (Å²) in [4.78, 5) is 25.6. The third kappa shape index (κ3) is 6.75. The van der Waals surface area contributed by atoms with Gasteiger partial charge in [0.1, 0.15) is 0 Å². The molecule has 1 aliphatic heterocycles. The van der Waals surface area contributed by atoms with Gasteiger partial charge in [-0.25, -0.2) is 9.98 Å². The molecule has 8 nitrogen and oxygen atoms in total. The van der Waals surface area contributed by atoms with Crippen LogP contribution in [0.15, 0.2) is 34.3 Å². The highest BCUT2D eigenvalue weighted by Crippen LogP contribution is 2.40. The predicted molar refractivity (Wildman–Crippen MR) is 157 cm³/mol. The number of rotatable bonds is 6. The minimum atomic E-state index is -0.269. The number of benzene rings is 1. The van der Waals surface area contributed by atoms with Crippen LogP contribution in [-0.4, -0.2) is 63.3 Å². The molecule has 0 amide bonds. The van der Waals surface area contributed by atoms with Crippen LogP contribution in [0.1, 0.15) is 80.2 Å². The molecule has 1 aliphatic carbocycles. The highest BCUT2D eigenvalue weighted by molar-refractivity contribution is 5.96. The van der Waals surface area contributed by atoms with Gasteiger partial charge in [0, 0.05) is 30.9 Å². The number of aliphatic hydroxyl groups excluding tert-OH is 1. The number of anilines is 1. The summed E-state index contributed by atoms with van der Waals surface area (Å²) in [6.07, 6.45) is 5.76. The van der Waals surface area contributed by atoms with Gasteiger partial charge >= 0.3 is 0 Å². The van der Waals surface area contributed by atoms with Gasteiger partial charge in [0.2, 0.25) is 0 Å². The summed E-state index contributed by atoms with van der Waals surface area (Å²) in [6.45, 7) is 18.3. The number of aromatic nitrogens is 2. The number of hydrogen-bond donors (Lipinski definition) is 3. The third-order valence-electron chi connectivity index (χ3n) is 8.19. The first-order chi connectivity index (χ1) is 17.9. The zero-order valence-electron chi connectivity index (χ0n) is 24.4. The average Bonchev–Trinajstić information content (AvgIpc) is 2.83. The van der Waals surface area contributed by atoms with E-state index in [1.54, 1.807) is 10.9 Å². The molecule has 0 radical (unpaired) electrons. The summed E-state index contributed by atoms with van der Waals surface area (Å²) >= 11 is 0. The summed E-state index contributed by atoms with van der Waals surface area (Å²) in [7, 11) is 0. The van der Waals surface area contributed by atoms with Crippen molar-refractivity contribution in [2.24, 2.45) is 22.2 Å². The summed E-state index contributed by atoms with van der Waals surface area (Å²) in [5.74, 6) is 1.79. The summed E-state index contributed by atoms with van der Waals surface area (Å²) in [5, 5.41) is 17.7. The molecule has 2 aromatic rings. The number of aliphatic imine (C=N–C) groups is 1. The normalized spacial score (nSPS) is 24.6. The second-order valence-electron chi connectivity index (χ2n) is 13.4. The van der Waals surface area contributed by atoms with Crippen LogP contribution in [0.2, 0.25) is 0 Å². The van der Waals surface area contributed by atoms with Crippen LogP contribution in [0.3, 0.4) is 0 Å². The molecule has 210 valence electrons. The van der Waals surface area contributed by atoms with Gasteiger partial charge in [-0.2, -0.15) is 0 Å². The Hall–Kier alpha value is -2.45. The maximum Gasteiger partial charge on any atom is 0.261 e. The third-order valence-corrected chi connectivity index (χ3v) is 8.19. The van der Waals surface area contributed by atoms with Gasteiger partial charge in [-0.15, -0.1) is 0 Å². The molecular formula is C30H48N6O2. The van der Waals surface area contributed by atoms with Crippen molar-refractivity contribution in [3.63, 3.8) is 0 Å². The molecule has 2 aliphatic rings. The highest BCUT2D eigenvalue weighted by Gasteiger charge is 2.34. The fourth-order valence-electron chi connectivity index (χ4n) is 6.22. The van der Waals surface area contributed by atoms with Crippen molar-refractivity contribution in [2.75, 3.05) is 31.6 Å². The van der Waals surface area contributed by atoms with E-state index in [-0.39, 0.29) is 29.8 Å². The van der Waals surface area contributed by atoms with Crippen molar-refractivity contribution in [1.29, 1.82) is 0 Å². The van der Waals surface area contributed by atoms with E-state index in [1.807, 2.05) is 18.2 Å². The van der Waals surface area contributed by atoms with Crippen LogP contribution in [0, 0.1) is 17.3 Å². The maximum absolute atomic E-state index is 13.3. The summed E-state index contributed by atoms with van der Waals surface area (Å²) < 4.78 is 1.58. The number of fused-ring (bicyclic) bond motifs is 1. The molecule has 8 heteroatoms. The molecule has 3 N–H and O–H groups in total. The summed E-state index contributed by atoms with van der Waals surface area (Å²) in [6, 6.07) is 5.74. The lowest BCUT2D eigenvalue weighted by atomic mass is 9.71. The number of guanidine groups is 1. The maximum atomic E-state index is 13.3. The van der Waals surface area contributed by atoms with Crippen molar-refractivity contribution in [1.82, 2.24) is 19.8 Å². The number of nitrogens with one attached hydrogen (secondary N) is 2. The molecule has 4 rings (SSSR count). The Balaban J connectivity index is 1.64. The topological polar surface area (TPSA) is 94.8 Å². The van der Waals surface area contributed by atoms with Crippen LogP contribution in [0.25, 0.3) is 10.9 Å². The van der Waals surface area contributed by atoms with Crippen LogP contribution in [-0.2, 0) is 0 Å². The molecule has 38 heavy (non-hydrogen) atoms. The Kier molecular flexibility index (Phi) is 8.52. The van der Waals surface area contributed by atoms with Crippen LogP contribution < -0.4 is 16.2 Å². The molecule has 3 atom stereocenters. The quantitative estimate of drug-likeness (QED) is 0.376. The number of nitrogens with zero attached hydrogens (tertiary/aromatic N) is 4. The van der Waals surface area contributed by atoms with Crippen LogP contribution >= 0.6 is 0 Å². The van der Waals surface area contributed by atoms with E-state index in [0.717, 1.165) is 44.1 Å². The standard InChI is InChI=1S/C30H48N6O2/c1-20(2)14-23(17-37)36-19-31-26-15-22(8-9-24(26)27(36)38)33-28(35-13-12-32-30(6,7)18-35)34-25-10-11-29(4,5)16-21(25)3/h8-9,15,19-21,23,25,32,37H,10-14,16-18H2,1-7H3,(H,33,34)/t21-,23-,25?/m0/s1. The zero-order valence-corrected chi connectivity index (χ0v) is 24.4. The Bertz CT molecular complexity index is 1200.